The Morgan fingerprint density at radius 2 is 0.848 bits per heavy atom. The lowest BCUT2D eigenvalue weighted by atomic mass is 10.1. The third-order valence-corrected chi connectivity index (χ3v) is 4.98. The van der Waals surface area contributed by atoms with Crippen molar-refractivity contribution in [2.24, 2.45) is 0 Å². The largest absolute Gasteiger partial charge is 0.480 e. The van der Waals surface area contributed by atoms with E-state index in [2.05, 4.69) is 30.9 Å². The quantitative estimate of drug-likeness (QED) is 0.185. The van der Waals surface area contributed by atoms with E-state index in [1.54, 1.807) is 0 Å². The number of aliphatic carboxylic acids is 3. The van der Waals surface area contributed by atoms with Crippen molar-refractivity contribution < 1.29 is 29.7 Å². The number of nitrogens with one attached hydrogen (secondary N) is 3. The first-order valence-corrected chi connectivity index (χ1v) is 11.5. The highest BCUT2D eigenvalue weighted by Gasteiger charge is 2.23. The summed E-state index contributed by atoms with van der Waals surface area (Å²) in [6.07, 6.45) is 5.43. The summed E-state index contributed by atoms with van der Waals surface area (Å²) in [6.45, 7) is 5.82. The number of anilines is 3. The Labute approximate surface area is 193 Å². The number of aromatic nitrogens is 3. The first-order valence-electron chi connectivity index (χ1n) is 11.5. The third-order valence-electron chi connectivity index (χ3n) is 4.98. The highest BCUT2D eigenvalue weighted by molar-refractivity contribution is 5.78. The Morgan fingerprint density at radius 3 is 1.03 bits per heavy atom. The SMILES string of the molecule is CCCCC(Nc1nc(NC(CCCC)C(=O)O)nc(NC(CCCC)C(=O)O)n1)C(=O)O. The molecule has 186 valence electrons. The van der Waals surface area contributed by atoms with Crippen molar-refractivity contribution in [3.8, 4) is 0 Å². The van der Waals surface area contributed by atoms with Gasteiger partial charge in [-0.25, -0.2) is 14.4 Å². The van der Waals surface area contributed by atoms with E-state index in [9.17, 15) is 29.7 Å². The van der Waals surface area contributed by atoms with Crippen LogP contribution in [0.25, 0.3) is 0 Å². The van der Waals surface area contributed by atoms with Crippen LogP contribution in [0.15, 0.2) is 0 Å². The predicted molar refractivity (Wildman–Crippen MR) is 124 cm³/mol. The number of rotatable bonds is 18. The maximum absolute atomic E-state index is 11.6. The predicted octanol–water partition coefficient (Wildman–Crippen LogP) is 3.04. The second-order valence-electron chi connectivity index (χ2n) is 7.84. The van der Waals surface area contributed by atoms with Crippen LogP contribution < -0.4 is 16.0 Å². The van der Waals surface area contributed by atoms with Gasteiger partial charge in [0.2, 0.25) is 17.8 Å². The van der Waals surface area contributed by atoms with Gasteiger partial charge in [0.05, 0.1) is 0 Å². The highest BCUT2D eigenvalue weighted by atomic mass is 16.4. The molecule has 0 radical (unpaired) electrons. The van der Waals surface area contributed by atoms with Crippen molar-refractivity contribution in [2.45, 2.75) is 96.7 Å². The molecule has 1 rings (SSSR count). The van der Waals surface area contributed by atoms with Gasteiger partial charge in [0, 0.05) is 0 Å². The summed E-state index contributed by atoms with van der Waals surface area (Å²) in [6, 6.07) is -2.88. The number of carboxylic acid groups (broad SMARTS) is 3. The average molecular weight is 469 g/mol. The van der Waals surface area contributed by atoms with Crippen LogP contribution >= 0.6 is 0 Å². The Balaban J connectivity index is 3.25. The van der Waals surface area contributed by atoms with E-state index in [4.69, 9.17) is 0 Å². The van der Waals surface area contributed by atoms with Crippen molar-refractivity contribution in [3.63, 3.8) is 0 Å². The molecule has 0 aromatic carbocycles. The van der Waals surface area contributed by atoms with Crippen LogP contribution in [0.1, 0.15) is 78.6 Å². The molecule has 3 atom stereocenters. The second kappa shape index (κ2) is 14.8. The highest BCUT2D eigenvalue weighted by Crippen LogP contribution is 2.17. The van der Waals surface area contributed by atoms with Gasteiger partial charge in [-0.2, -0.15) is 15.0 Å². The van der Waals surface area contributed by atoms with E-state index in [0.717, 1.165) is 19.3 Å². The molecule has 0 amide bonds. The lowest BCUT2D eigenvalue weighted by molar-refractivity contribution is -0.139. The monoisotopic (exact) mass is 468 g/mol. The maximum Gasteiger partial charge on any atom is 0.326 e. The number of nitrogens with zero attached hydrogens (tertiary/aromatic N) is 3. The fourth-order valence-electron chi connectivity index (χ4n) is 3.03. The van der Waals surface area contributed by atoms with Gasteiger partial charge in [-0.1, -0.05) is 59.3 Å². The van der Waals surface area contributed by atoms with Gasteiger partial charge in [0.1, 0.15) is 18.1 Å². The molecule has 0 saturated heterocycles. The molecule has 0 aliphatic rings. The van der Waals surface area contributed by atoms with Gasteiger partial charge in [0.15, 0.2) is 0 Å². The van der Waals surface area contributed by atoms with Crippen LogP contribution in [0.4, 0.5) is 17.8 Å². The Hall–Kier alpha value is -3.18. The molecule has 0 fully saturated rings. The molecular weight excluding hydrogens is 432 g/mol. The molecule has 1 heterocycles. The van der Waals surface area contributed by atoms with E-state index in [-0.39, 0.29) is 17.8 Å². The zero-order chi connectivity index (χ0) is 24.8. The van der Waals surface area contributed by atoms with Gasteiger partial charge in [-0.05, 0) is 19.3 Å². The molecule has 0 bridgehead atoms. The molecule has 12 nitrogen and oxygen atoms in total. The molecule has 12 heteroatoms. The van der Waals surface area contributed by atoms with Gasteiger partial charge >= 0.3 is 17.9 Å². The van der Waals surface area contributed by atoms with Gasteiger partial charge in [-0.3, -0.25) is 0 Å². The minimum absolute atomic E-state index is 0.0854. The summed E-state index contributed by atoms with van der Waals surface area (Å²) >= 11 is 0. The minimum Gasteiger partial charge on any atom is -0.480 e. The molecule has 33 heavy (non-hydrogen) atoms. The first kappa shape index (κ1) is 27.9. The van der Waals surface area contributed by atoms with Gasteiger partial charge in [0.25, 0.3) is 0 Å². The third kappa shape index (κ3) is 10.3. The van der Waals surface area contributed by atoms with E-state index >= 15 is 0 Å². The van der Waals surface area contributed by atoms with E-state index in [1.165, 1.54) is 0 Å². The summed E-state index contributed by atoms with van der Waals surface area (Å²) in [4.78, 5) is 47.3. The number of unbranched alkanes of at least 4 members (excludes halogenated alkanes) is 3. The maximum atomic E-state index is 11.6. The van der Waals surface area contributed by atoms with Crippen LogP contribution in [0, 0.1) is 0 Å². The smallest absolute Gasteiger partial charge is 0.326 e. The summed E-state index contributed by atoms with van der Waals surface area (Å²) in [5.74, 6) is -3.49. The lowest BCUT2D eigenvalue weighted by Crippen LogP contribution is -2.33. The molecule has 3 unspecified atom stereocenters. The van der Waals surface area contributed by atoms with Crippen LogP contribution in [0.3, 0.4) is 0 Å². The van der Waals surface area contributed by atoms with Gasteiger partial charge in [-0.15, -0.1) is 0 Å². The van der Waals surface area contributed by atoms with Crippen molar-refractivity contribution in [1.29, 1.82) is 0 Å². The van der Waals surface area contributed by atoms with Crippen molar-refractivity contribution in [2.75, 3.05) is 16.0 Å². The topological polar surface area (TPSA) is 187 Å². The Morgan fingerprint density at radius 1 is 0.606 bits per heavy atom. The number of carboxylic acids is 3. The van der Waals surface area contributed by atoms with Crippen molar-refractivity contribution in [3.05, 3.63) is 0 Å². The van der Waals surface area contributed by atoms with Crippen LogP contribution in [-0.2, 0) is 14.4 Å². The van der Waals surface area contributed by atoms with E-state index in [1.807, 2.05) is 20.8 Å². The van der Waals surface area contributed by atoms with Crippen LogP contribution in [-0.4, -0.2) is 66.3 Å². The Bertz CT molecular complexity index is 665. The molecule has 1 aromatic rings. The number of hydrogen-bond donors (Lipinski definition) is 6. The average Bonchev–Trinajstić information content (AvgIpc) is 2.76. The van der Waals surface area contributed by atoms with E-state index in [0.29, 0.717) is 38.5 Å². The summed E-state index contributed by atoms with van der Waals surface area (Å²) in [7, 11) is 0. The summed E-state index contributed by atoms with van der Waals surface area (Å²) < 4.78 is 0. The molecule has 0 aliphatic heterocycles. The fraction of sp³-hybridized carbons (Fsp3) is 0.714. The van der Waals surface area contributed by atoms with Crippen molar-refractivity contribution in [1.82, 2.24) is 15.0 Å². The Kier molecular flexibility index (Phi) is 12.5. The lowest BCUT2D eigenvalue weighted by Gasteiger charge is -2.19. The number of carbonyl (C=O) groups is 3. The second-order valence-corrected chi connectivity index (χ2v) is 7.84. The van der Waals surface area contributed by atoms with Crippen LogP contribution in [0.2, 0.25) is 0 Å². The summed E-state index contributed by atoms with van der Waals surface area (Å²) in [5, 5.41) is 36.8. The fourth-order valence-corrected chi connectivity index (χ4v) is 3.03. The molecule has 0 spiro atoms. The van der Waals surface area contributed by atoms with Gasteiger partial charge < -0.3 is 31.3 Å². The molecule has 1 aromatic heterocycles. The molecule has 6 N–H and O–H groups in total. The number of hydrogen-bond acceptors (Lipinski definition) is 9. The van der Waals surface area contributed by atoms with E-state index < -0.39 is 36.0 Å². The normalized spacial score (nSPS) is 13.5. The molecular formula is C21H36N6O6. The molecule has 0 aliphatic carbocycles. The summed E-state index contributed by atoms with van der Waals surface area (Å²) in [5.41, 5.74) is 0. The minimum atomic E-state index is -1.08. The molecule has 0 saturated carbocycles. The zero-order valence-corrected chi connectivity index (χ0v) is 19.5. The standard InChI is InChI=1S/C21H36N6O6/c1-4-7-10-13(16(28)29)22-19-25-20(23-14(17(30)31)11-8-5-2)27-21(26-19)24-15(18(32)33)12-9-6-3/h13-15H,4-12H2,1-3H3,(H,28,29)(H,30,31)(H,32,33)(H3,22,23,24,25,26,27). The first-order chi connectivity index (χ1) is 15.7. The zero-order valence-electron chi connectivity index (χ0n) is 19.5. The van der Waals surface area contributed by atoms with Crippen molar-refractivity contribution >= 4 is 35.8 Å². The van der Waals surface area contributed by atoms with Crippen LogP contribution in [0.5, 0.6) is 0 Å².